The molecule has 8 nitrogen and oxygen atoms in total. The maximum absolute atomic E-state index is 12.4. The van der Waals surface area contributed by atoms with Crippen LogP contribution < -0.4 is 19.5 Å². The van der Waals surface area contributed by atoms with Crippen molar-refractivity contribution in [3.63, 3.8) is 0 Å². The van der Waals surface area contributed by atoms with E-state index in [-0.39, 0.29) is 11.7 Å². The number of thioether (sulfide) groups is 1. The molecule has 1 fully saturated rings. The van der Waals surface area contributed by atoms with Crippen LogP contribution in [0, 0.1) is 6.92 Å². The number of carbonyl (C=O) groups excluding carboxylic acids is 1. The Labute approximate surface area is 181 Å². The Morgan fingerprint density at radius 3 is 2.37 bits per heavy atom. The fourth-order valence-electron chi connectivity index (χ4n) is 3.83. The van der Waals surface area contributed by atoms with E-state index >= 15 is 0 Å². The molecule has 2 aromatic rings. The van der Waals surface area contributed by atoms with E-state index in [1.54, 1.807) is 21.3 Å². The Morgan fingerprint density at radius 1 is 1.10 bits per heavy atom. The van der Waals surface area contributed by atoms with Crippen LogP contribution in [0.1, 0.15) is 49.5 Å². The molecule has 3 rings (SSSR count). The molecule has 164 valence electrons. The Morgan fingerprint density at radius 2 is 1.77 bits per heavy atom. The Bertz CT molecular complexity index is 840. The van der Waals surface area contributed by atoms with Crippen molar-refractivity contribution >= 4 is 17.7 Å². The molecule has 1 heterocycles. The van der Waals surface area contributed by atoms with Crippen molar-refractivity contribution in [1.29, 1.82) is 0 Å². The van der Waals surface area contributed by atoms with Gasteiger partial charge in [-0.05, 0) is 37.5 Å². The molecule has 30 heavy (non-hydrogen) atoms. The largest absolute Gasteiger partial charge is 0.493 e. The van der Waals surface area contributed by atoms with Crippen LogP contribution in [0.5, 0.6) is 17.2 Å². The molecule has 1 aromatic heterocycles. The number of benzene rings is 1. The lowest BCUT2D eigenvalue weighted by molar-refractivity contribution is -0.118. The first-order chi connectivity index (χ1) is 14.6. The average Bonchev–Trinajstić information content (AvgIpc) is 3.16. The fraction of sp³-hybridized carbons (Fsp3) is 0.571. The van der Waals surface area contributed by atoms with Crippen molar-refractivity contribution in [2.45, 2.75) is 56.8 Å². The number of rotatable bonds is 9. The highest BCUT2D eigenvalue weighted by Crippen LogP contribution is 2.38. The number of methoxy groups -OCH3 is 3. The van der Waals surface area contributed by atoms with Crippen LogP contribution in [-0.2, 0) is 11.3 Å². The number of ether oxygens (including phenoxy) is 3. The fourth-order valence-corrected chi connectivity index (χ4v) is 4.71. The van der Waals surface area contributed by atoms with Crippen molar-refractivity contribution < 1.29 is 19.0 Å². The predicted octanol–water partition coefficient (Wildman–Crippen LogP) is 3.53. The first-order valence-corrected chi connectivity index (χ1v) is 11.2. The molecule has 1 aliphatic carbocycles. The van der Waals surface area contributed by atoms with Gasteiger partial charge in [-0.2, -0.15) is 0 Å². The maximum atomic E-state index is 12.4. The van der Waals surface area contributed by atoms with Crippen LogP contribution in [0.2, 0.25) is 0 Å². The minimum atomic E-state index is -0.0652. The van der Waals surface area contributed by atoms with Crippen LogP contribution in [0.4, 0.5) is 0 Å². The quantitative estimate of drug-likeness (QED) is 0.604. The molecule has 0 unspecified atom stereocenters. The van der Waals surface area contributed by atoms with Crippen LogP contribution in [-0.4, -0.2) is 47.8 Å². The van der Waals surface area contributed by atoms with E-state index in [1.165, 1.54) is 31.0 Å². The summed E-state index contributed by atoms with van der Waals surface area (Å²) in [5.41, 5.74) is 0.865. The molecule has 1 N–H and O–H groups in total. The van der Waals surface area contributed by atoms with Gasteiger partial charge >= 0.3 is 0 Å². The summed E-state index contributed by atoms with van der Waals surface area (Å²) in [6.45, 7) is 2.35. The molecule has 1 aliphatic rings. The van der Waals surface area contributed by atoms with Gasteiger partial charge in [-0.15, -0.1) is 10.2 Å². The molecule has 0 spiro atoms. The van der Waals surface area contributed by atoms with Crippen LogP contribution in [0.15, 0.2) is 17.3 Å². The molecule has 0 atom stereocenters. The van der Waals surface area contributed by atoms with Gasteiger partial charge in [-0.25, -0.2) is 0 Å². The lowest BCUT2D eigenvalue weighted by Crippen LogP contribution is -2.25. The summed E-state index contributed by atoms with van der Waals surface area (Å²) in [5.74, 6) is 2.79. The van der Waals surface area contributed by atoms with Crippen LogP contribution in [0.25, 0.3) is 0 Å². The van der Waals surface area contributed by atoms with Crippen molar-refractivity contribution in [3.8, 4) is 17.2 Å². The zero-order valence-electron chi connectivity index (χ0n) is 18.1. The first kappa shape index (κ1) is 22.3. The number of aryl methyl sites for hydroxylation is 1. The number of hydrogen-bond donors (Lipinski definition) is 1. The molecule has 1 aromatic carbocycles. The van der Waals surface area contributed by atoms with Crippen molar-refractivity contribution in [2.75, 3.05) is 27.1 Å². The van der Waals surface area contributed by atoms with E-state index in [9.17, 15) is 4.79 Å². The van der Waals surface area contributed by atoms with Gasteiger partial charge in [0.05, 0.1) is 27.1 Å². The topological polar surface area (TPSA) is 87.5 Å². The zero-order chi connectivity index (χ0) is 21.5. The van der Waals surface area contributed by atoms with E-state index in [1.807, 2.05) is 19.1 Å². The molecule has 0 saturated heterocycles. The summed E-state index contributed by atoms with van der Waals surface area (Å²) in [5, 5.41) is 12.3. The van der Waals surface area contributed by atoms with E-state index in [0.717, 1.165) is 29.4 Å². The summed E-state index contributed by atoms with van der Waals surface area (Å²) in [6, 6.07) is 4.11. The van der Waals surface area contributed by atoms with Gasteiger partial charge in [-0.1, -0.05) is 31.0 Å². The van der Waals surface area contributed by atoms with E-state index in [0.29, 0.717) is 29.8 Å². The van der Waals surface area contributed by atoms with Crippen LogP contribution in [0.3, 0.4) is 0 Å². The van der Waals surface area contributed by atoms with Gasteiger partial charge in [0.1, 0.15) is 5.82 Å². The Kier molecular flexibility index (Phi) is 7.84. The third kappa shape index (κ3) is 5.19. The molecular weight excluding hydrogens is 404 g/mol. The SMILES string of the molecule is COc1cc(CNC(=O)CSc2nnc(C)n2C2CCCCC2)cc(OC)c1OC. The molecule has 9 heteroatoms. The Balaban J connectivity index is 1.58. The summed E-state index contributed by atoms with van der Waals surface area (Å²) >= 11 is 1.43. The van der Waals surface area contributed by atoms with E-state index in [2.05, 4.69) is 20.1 Å². The smallest absolute Gasteiger partial charge is 0.230 e. The standard InChI is InChI=1S/C21H30N4O4S/c1-14-23-24-21(25(14)16-8-6-5-7-9-16)30-13-19(26)22-12-15-10-17(27-2)20(29-4)18(11-15)28-3/h10-11,16H,5-9,12-13H2,1-4H3,(H,22,26). The second-order valence-corrected chi connectivity index (χ2v) is 8.23. The third-order valence-electron chi connectivity index (χ3n) is 5.32. The minimum absolute atomic E-state index is 0.0652. The van der Waals surface area contributed by atoms with Gasteiger partial charge in [0.2, 0.25) is 11.7 Å². The van der Waals surface area contributed by atoms with Gasteiger partial charge in [0, 0.05) is 12.6 Å². The zero-order valence-corrected chi connectivity index (χ0v) is 18.9. The summed E-state index contributed by atoms with van der Waals surface area (Å²) in [7, 11) is 4.70. The average molecular weight is 435 g/mol. The van der Waals surface area contributed by atoms with Crippen LogP contribution >= 0.6 is 11.8 Å². The second-order valence-electron chi connectivity index (χ2n) is 7.29. The number of nitrogens with zero attached hydrogens (tertiary/aromatic N) is 3. The number of hydrogen-bond acceptors (Lipinski definition) is 7. The normalized spacial score (nSPS) is 14.4. The first-order valence-electron chi connectivity index (χ1n) is 10.2. The lowest BCUT2D eigenvalue weighted by atomic mass is 9.95. The highest BCUT2D eigenvalue weighted by atomic mass is 32.2. The minimum Gasteiger partial charge on any atom is -0.493 e. The predicted molar refractivity (Wildman–Crippen MR) is 116 cm³/mol. The maximum Gasteiger partial charge on any atom is 0.230 e. The number of carbonyl (C=O) groups is 1. The van der Waals surface area contributed by atoms with Gasteiger partial charge in [-0.3, -0.25) is 4.79 Å². The summed E-state index contributed by atoms with van der Waals surface area (Å²) < 4.78 is 18.3. The van der Waals surface area contributed by atoms with E-state index in [4.69, 9.17) is 14.2 Å². The molecule has 0 bridgehead atoms. The molecule has 0 aliphatic heterocycles. The molecular formula is C21H30N4O4S. The van der Waals surface area contributed by atoms with Gasteiger partial charge in [0.15, 0.2) is 16.7 Å². The summed E-state index contributed by atoms with van der Waals surface area (Å²) in [4.78, 5) is 12.4. The van der Waals surface area contributed by atoms with Gasteiger partial charge in [0.25, 0.3) is 0 Å². The van der Waals surface area contributed by atoms with Crippen molar-refractivity contribution in [3.05, 3.63) is 23.5 Å². The highest BCUT2D eigenvalue weighted by molar-refractivity contribution is 7.99. The molecule has 0 radical (unpaired) electrons. The lowest BCUT2D eigenvalue weighted by Gasteiger charge is -2.24. The Hall–Kier alpha value is -2.42. The highest BCUT2D eigenvalue weighted by Gasteiger charge is 2.22. The second kappa shape index (κ2) is 10.6. The number of nitrogens with one attached hydrogen (secondary N) is 1. The molecule has 1 saturated carbocycles. The monoisotopic (exact) mass is 434 g/mol. The van der Waals surface area contributed by atoms with Crippen molar-refractivity contribution in [2.24, 2.45) is 0 Å². The summed E-state index contributed by atoms with van der Waals surface area (Å²) in [6.07, 6.45) is 6.08. The third-order valence-corrected chi connectivity index (χ3v) is 6.26. The van der Waals surface area contributed by atoms with Gasteiger partial charge < -0.3 is 24.1 Å². The number of amides is 1. The van der Waals surface area contributed by atoms with Crippen molar-refractivity contribution in [1.82, 2.24) is 20.1 Å². The van der Waals surface area contributed by atoms with E-state index < -0.39 is 0 Å². The molecule has 1 amide bonds. The number of aromatic nitrogens is 3.